The SMILES string of the molecule is CC(Oc1cccc(Cl)c1)C(=O)/C=C/N(C)C. The van der Waals surface area contributed by atoms with Crippen LogP contribution in [0.15, 0.2) is 36.5 Å². The fraction of sp³-hybridized carbons (Fsp3) is 0.308. The first-order valence-corrected chi connectivity index (χ1v) is 5.67. The van der Waals surface area contributed by atoms with Gasteiger partial charge in [-0.3, -0.25) is 4.79 Å². The molecule has 0 bridgehead atoms. The molecule has 0 aliphatic rings. The van der Waals surface area contributed by atoms with Gasteiger partial charge in [-0.25, -0.2) is 0 Å². The highest BCUT2D eigenvalue weighted by molar-refractivity contribution is 6.30. The van der Waals surface area contributed by atoms with Gasteiger partial charge in [-0.05, 0) is 25.1 Å². The van der Waals surface area contributed by atoms with E-state index in [1.54, 1.807) is 42.3 Å². The Bertz CT molecular complexity index is 416. The summed E-state index contributed by atoms with van der Waals surface area (Å²) in [4.78, 5) is 13.5. The molecule has 0 aromatic heterocycles. The fourth-order valence-corrected chi connectivity index (χ4v) is 1.34. The van der Waals surface area contributed by atoms with Crippen molar-refractivity contribution in [2.45, 2.75) is 13.0 Å². The molecule has 0 aliphatic heterocycles. The normalized spacial score (nSPS) is 12.5. The van der Waals surface area contributed by atoms with Crippen LogP contribution in [0.4, 0.5) is 0 Å². The topological polar surface area (TPSA) is 29.5 Å². The quantitative estimate of drug-likeness (QED) is 0.756. The third-order valence-electron chi connectivity index (χ3n) is 2.05. The standard InChI is InChI=1S/C13H16ClNO2/c1-10(13(16)7-8-15(2)3)17-12-6-4-5-11(14)9-12/h4-10H,1-3H3/b8-7+. The van der Waals surface area contributed by atoms with Crippen molar-refractivity contribution in [2.75, 3.05) is 14.1 Å². The minimum Gasteiger partial charge on any atom is -0.483 e. The molecule has 0 saturated heterocycles. The van der Waals surface area contributed by atoms with Crippen LogP contribution in [0.1, 0.15) is 6.92 Å². The molecule has 0 spiro atoms. The van der Waals surface area contributed by atoms with E-state index >= 15 is 0 Å². The lowest BCUT2D eigenvalue weighted by molar-refractivity contribution is -0.120. The van der Waals surface area contributed by atoms with Crippen LogP contribution in [0.5, 0.6) is 5.75 Å². The lowest BCUT2D eigenvalue weighted by atomic mass is 10.2. The molecular weight excluding hydrogens is 238 g/mol. The predicted octanol–water partition coefficient (Wildman–Crippen LogP) is 2.75. The Labute approximate surface area is 107 Å². The Balaban J connectivity index is 2.60. The van der Waals surface area contributed by atoms with E-state index in [0.29, 0.717) is 10.8 Å². The second kappa shape index (κ2) is 6.30. The molecule has 1 atom stereocenters. The van der Waals surface area contributed by atoms with E-state index in [1.807, 2.05) is 14.1 Å². The van der Waals surface area contributed by atoms with Gasteiger partial charge in [0.05, 0.1) is 0 Å². The molecular formula is C13H16ClNO2. The Morgan fingerprint density at radius 2 is 2.18 bits per heavy atom. The van der Waals surface area contributed by atoms with Crippen molar-refractivity contribution in [3.05, 3.63) is 41.6 Å². The predicted molar refractivity (Wildman–Crippen MR) is 69.4 cm³/mol. The zero-order valence-electron chi connectivity index (χ0n) is 10.2. The number of halogens is 1. The molecule has 0 radical (unpaired) electrons. The maximum absolute atomic E-state index is 11.7. The van der Waals surface area contributed by atoms with Gasteiger partial charge in [0.15, 0.2) is 11.9 Å². The highest BCUT2D eigenvalue weighted by Crippen LogP contribution is 2.18. The van der Waals surface area contributed by atoms with Crippen molar-refractivity contribution in [1.82, 2.24) is 4.90 Å². The molecule has 17 heavy (non-hydrogen) atoms. The Morgan fingerprint density at radius 1 is 1.47 bits per heavy atom. The van der Waals surface area contributed by atoms with E-state index < -0.39 is 6.10 Å². The number of rotatable bonds is 5. The number of ketones is 1. The minimum absolute atomic E-state index is 0.0846. The summed E-state index contributed by atoms with van der Waals surface area (Å²) in [5.41, 5.74) is 0. The first-order valence-electron chi connectivity index (χ1n) is 5.29. The van der Waals surface area contributed by atoms with E-state index in [9.17, 15) is 4.79 Å². The van der Waals surface area contributed by atoms with Crippen LogP contribution in [-0.4, -0.2) is 30.9 Å². The van der Waals surface area contributed by atoms with Gasteiger partial charge in [-0.15, -0.1) is 0 Å². The molecule has 0 aliphatic carbocycles. The third-order valence-corrected chi connectivity index (χ3v) is 2.28. The zero-order chi connectivity index (χ0) is 12.8. The molecule has 1 rings (SSSR count). The highest BCUT2D eigenvalue weighted by atomic mass is 35.5. The fourth-order valence-electron chi connectivity index (χ4n) is 1.16. The average Bonchev–Trinajstić information content (AvgIpc) is 2.25. The molecule has 1 aromatic carbocycles. The van der Waals surface area contributed by atoms with E-state index in [4.69, 9.17) is 16.3 Å². The molecule has 0 N–H and O–H groups in total. The molecule has 92 valence electrons. The molecule has 0 fully saturated rings. The smallest absolute Gasteiger partial charge is 0.197 e. The van der Waals surface area contributed by atoms with Crippen LogP contribution in [0.3, 0.4) is 0 Å². The second-order valence-electron chi connectivity index (χ2n) is 3.90. The monoisotopic (exact) mass is 253 g/mol. The minimum atomic E-state index is -0.523. The summed E-state index contributed by atoms with van der Waals surface area (Å²) in [6.45, 7) is 1.71. The summed E-state index contributed by atoms with van der Waals surface area (Å²) in [5.74, 6) is 0.510. The van der Waals surface area contributed by atoms with Crippen molar-refractivity contribution in [3.8, 4) is 5.75 Å². The maximum atomic E-state index is 11.7. The Morgan fingerprint density at radius 3 is 2.76 bits per heavy atom. The van der Waals surface area contributed by atoms with Gasteiger partial charge in [0.1, 0.15) is 5.75 Å². The molecule has 0 saturated carbocycles. The molecule has 4 heteroatoms. The Hall–Kier alpha value is -1.48. The van der Waals surface area contributed by atoms with Crippen molar-refractivity contribution in [2.24, 2.45) is 0 Å². The summed E-state index contributed by atoms with van der Waals surface area (Å²) in [6, 6.07) is 6.99. The van der Waals surface area contributed by atoms with Crippen LogP contribution in [-0.2, 0) is 4.79 Å². The van der Waals surface area contributed by atoms with Crippen molar-refractivity contribution in [1.29, 1.82) is 0 Å². The number of carbonyl (C=O) groups is 1. The van der Waals surface area contributed by atoms with Gasteiger partial charge in [-0.1, -0.05) is 17.7 Å². The summed E-state index contributed by atoms with van der Waals surface area (Å²) in [6.07, 6.45) is 2.67. The van der Waals surface area contributed by atoms with E-state index in [-0.39, 0.29) is 5.78 Å². The first kappa shape index (κ1) is 13.6. The van der Waals surface area contributed by atoms with Gasteiger partial charge in [0.25, 0.3) is 0 Å². The molecule has 1 unspecified atom stereocenters. The van der Waals surface area contributed by atoms with Gasteiger partial charge in [-0.2, -0.15) is 0 Å². The number of nitrogens with zero attached hydrogens (tertiary/aromatic N) is 1. The van der Waals surface area contributed by atoms with Crippen LogP contribution >= 0.6 is 11.6 Å². The van der Waals surface area contributed by atoms with Crippen LogP contribution in [0, 0.1) is 0 Å². The van der Waals surface area contributed by atoms with Crippen LogP contribution in [0.25, 0.3) is 0 Å². The van der Waals surface area contributed by atoms with Crippen LogP contribution in [0.2, 0.25) is 5.02 Å². The van der Waals surface area contributed by atoms with Gasteiger partial charge in [0.2, 0.25) is 0 Å². The van der Waals surface area contributed by atoms with Crippen molar-refractivity contribution >= 4 is 17.4 Å². The lowest BCUT2D eigenvalue weighted by Crippen LogP contribution is -2.22. The van der Waals surface area contributed by atoms with Crippen molar-refractivity contribution in [3.63, 3.8) is 0 Å². The summed E-state index contributed by atoms with van der Waals surface area (Å²) in [7, 11) is 3.71. The van der Waals surface area contributed by atoms with E-state index in [0.717, 1.165) is 0 Å². The number of carbonyl (C=O) groups excluding carboxylic acids is 1. The zero-order valence-corrected chi connectivity index (χ0v) is 10.9. The maximum Gasteiger partial charge on any atom is 0.197 e. The first-order chi connectivity index (χ1) is 7.99. The van der Waals surface area contributed by atoms with Gasteiger partial charge < -0.3 is 9.64 Å². The summed E-state index contributed by atoms with van der Waals surface area (Å²) < 4.78 is 5.49. The number of hydrogen-bond donors (Lipinski definition) is 0. The lowest BCUT2D eigenvalue weighted by Gasteiger charge is -2.12. The van der Waals surface area contributed by atoms with Crippen LogP contribution < -0.4 is 4.74 Å². The molecule has 0 amide bonds. The van der Waals surface area contributed by atoms with Gasteiger partial charge in [0, 0.05) is 31.4 Å². The molecule has 3 nitrogen and oxygen atoms in total. The number of benzene rings is 1. The Kier molecular flexibility index (Phi) is 5.04. The molecule has 0 heterocycles. The number of ether oxygens (including phenoxy) is 1. The molecule has 1 aromatic rings. The number of hydrogen-bond acceptors (Lipinski definition) is 3. The average molecular weight is 254 g/mol. The summed E-state index contributed by atoms with van der Waals surface area (Å²) >= 11 is 5.83. The third kappa shape index (κ3) is 4.91. The van der Waals surface area contributed by atoms with Gasteiger partial charge >= 0.3 is 0 Å². The largest absolute Gasteiger partial charge is 0.483 e. The van der Waals surface area contributed by atoms with E-state index in [2.05, 4.69) is 0 Å². The second-order valence-corrected chi connectivity index (χ2v) is 4.34. The van der Waals surface area contributed by atoms with Crippen molar-refractivity contribution < 1.29 is 9.53 Å². The van der Waals surface area contributed by atoms with E-state index in [1.165, 1.54) is 6.08 Å². The highest BCUT2D eigenvalue weighted by Gasteiger charge is 2.11. The summed E-state index contributed by atoms with van der Waals surface area (Å²) in [5, 5.41) is 0.589.